The quantitative estimate of drug-likeness (QED) is 0.836. The molecule has 0 saturated heterocycles. The fourth-order valence-electron chi connectivity index (χ4n) is 1.45. The molecule has 1 amide bonds. The molecule has 1 N–H and O–H groups in total. The molecule has 84 valence electrons. The third-order valence-corrected chi connectivity index (χ3v) is 2.52. The molecule has 0 radical (unpaired) electrons. The third-order valence-electron chi connectivity index (χ3n) is 2.52. The maximum absolute atomic E-state index is 11.2. The lowest BCUT2D eigenvalue weighted by atomic mass is 9.84. The number of nitrogens with one attached hydrogen (secondary N) is 1. The van der Waals surface area contributed by atoms with E-state index in [0.717, 1.165) is 0 Å². The topological polar surface area (TPSA) is 52.9 Å². The van der Waals surface area contributed by atoms with E-state index in [4.69, 9.17) is 5.26 Å². The molecule has 1 aromatic rings. The van der Waals surface area contributed by atoms with Crippen molar-refractivity contribution in [3.05, 3.63) is 35.9 Å². The number of carbonyl (C=O) groups excluding carboxylic acids is 1. The first-order valence-corrected chi connectivity index (χ1v) is 5.25. The van der Waals surface area contributed by atoms with Gasteiger partial charge in [0.05, 0.1) is 6.07 Å². The Morgan fingerprint density at radius 2 is 2.00 bits per heavy atom. The zero-order valence-electron chi connectivity index (χ0n) is 9.66. The Bertz CT molecular complexity index is 390. The summed E-state index contributed by atoms with van der Waals surface area (Å²) >= 11 is 0. The lowest BCUT2D eigenvalue weighted by Crippen LogP contribution is -2.36. The largest absolute Gasteiger partial charge is 0.354 e. The van der Waals surface area contributed by atoms with Crippen LogP contribution in [0.1, 0.15) is 25.8 Å². The van der Waals surface area contributed by atoms with Gasteiger partial charge in [0, 0.05) is 12.0 Å². The van der Waals surface area contributed by atoms with Crippen LogP contribution in [-0.2, 0) is 10.2 Å². The summed E-state index contributed by atoms with van der Waals surface area (Å²) in [6.07, 6.45) is -0.0785. The van der Waals surface area contributed by atoms with Gasteiger partial charge in [-0.25, -0.2) is 0 Å². The van der Waals surface area contributed by atoms with Gasteiger partial charge in [0.15, 0.2) is 0 Å². The average molecular weight is 216 g/mol. The smallest absolute Gasteiger partial charge is 0.234 e. The highest BCUT2D eigenvalue weighted by molar-refractivity contribution is 5.78. The molecule has 0 heterocycles. The summed E-state index contributed by atoms with van der Waals surface area (Å²) in [5.41, 5.74) is 1.05. The van der Waals surface area contributed by atoms with Crippen molar-refractivity contribution in [2.24, 2.45) is 0 Å². The Hall–Kier alpha value is -1.82. The Kier molecular flexibility index (Phi) is 4.07. The molecule has 0 atom stereocenters. The van der Waals surface area contributed by atoms with Crippen LogP contribution in [0.25, 0.3) is 0 Å². The van der Waals surface area contributed by atoms with Crippen molar-refractivity contribution < 1.29 is 4.79 Å². The number of benzene rings is 1. The molecule has 0 bridgehead atoms. The average Bonchev–Trinajstić information content (AvgIpc) is 2.28. The van der Waals surface area contributed by atoms with Gasteiger partial charge >= 0.3 is 0 Å². The SMILES string of the molecule is CC(C)(CNC(=O)CC#N)c1ccccc1. The molecule has 16 heavy (non-hydrogen) atoms. The van der Waals surface area contributed by atoms with Crippen LogP contribution in [0, 0.1) is 11.3 Å². The van der Waals surface area contributed by atoms with Crippen LogP contribution in [0.15, 0.2) is 30.3 Å². The Balaban J connectivity index is 2.60. The van der Waals surface area contributed by atoms with Gasteiger partial charge in [-0.1, -0.05) is 44.2 Å². The molecule has 0 aliphatic heterocycles. The number of nitrogens with zero attached hydrogens (tertiary/aromatic N) is 1. The first kappa shape index (κ1) is 12.3. The summed E-state index contributed by atoms with van der Waals surface area (Å²) in [4.78, 5) is 11.2. The summed E-state index contributed by atoms with van der Waals surface area (Å²) in [6.45, 7) is 4.67. The normalized spacial score (nSPS) is 10.6. The molecule has 3 heteroatoms. The van der Waals surface area contributed by atoms with Crippen LogP contribution in [0.5, 0.6) is 0 Å². The monoisotopic (exact) mass is 216 g/mol. The summed E-state index contributed by atoms with van der Waals surface area (Å²) in [5, 5.41) is 11.1. The van der Waals surface area contributed by atoms with Crippen LogP contribution in [-0.4, -0.2) is 12.5 Å². The molecule has 0 spiro atoms. The Morgan fingerprint density at radius 3 is 2.56 bits per heavy atom. The number of rotatable bonds is 4. The molecule has 0 aromatic heterocycles. The highest BCUT2D eigenvalue weighted by Gasteiger charge is 2.20. The van der Waals surface area contributed by atoms with Crippen LogP contribution < -0.4 is 5.32 Å². The van der Waals surface area contributed by atoms with E-state index < -0.39 is 0 Å². The van der Waals surface area contributed by atoms with Gasteiger partial charge in [-0.15, -0.1) is 0 Å². The van der Waals surface area contributed by atoms with E-state index in [1.807, 2.05) is 36.4 Å². The molecule has 0 aliphatic carbocycles. The third kappa shape index (κ3) is 3.39. The molecular formula is C13H16N2O. The van der Waals surface area contributed by atoms with Gasteiger partial charge in [-0.05, 0) is 5.56 Å². The van der Waals surface area contributed by atoms with Gasteiger partial charge in [-0.2, -0.15) is 5.26 Å². The number of carbonyl (C=O) groups is 1. The second kappa shape index (κ2) is 5.32. The molecule has 1 rings (SSSR count). The second-order valence-electron chi connectivity index (χ2n) is 4.36. The van der Waals surface area contributed by atoms with Crippen molar-refractivity contribution in [3.63, 3.8) is 0 Å². The fourth-order valence-corrected chi connectivity index (χ4v) is 1.45. The summed E-state index contributed by atoms with van der Waals surface area (Å²) in [7, 11) is 0. The van der Waals surface area contributed by atoms with Gasteiger partial charge in [0.2, 0.25) is 5.91 Å². The summed E-state index contributed by atoms with van der Waals surface area (Å²) in [5.74, 6) is -0.216. The predicted molar refractivity (Wildman–Crippen MR) is 62.7 cm³/mol. The zero-order valence-corrected chi connectivity index (χ0v) is 9.66. The van der Waals surface area contributed by atoms with Crippen molar-refractivity contribution in [2.75, 3.05) is 6.54 Å². The molecule has 0 fully saturated rings. The van der Waals surface area contributed by atoms with E-state index in [1.54, 1.807) is 0 Å². The van der Waals surface area contributed by atoms with Crippen molar-refractivity contribution in [1.29, 1.82) is 5.26 Å². The number of amides is 1. The predicted octanol–water partition coefficient (Wildman–Crippen LogP) is 1.99. The van der Waals surface area contributed by atoms with Crippen LogP contribution in [0.4, 0.5) is 0 Å². The van der Waals surface area contributed by atoms with E-state index in [9.17, 15) is 4.79 Å². The molecular weight excluding hydrogens is 200 g/mol. The maximum atomic E-state index is 11.2. The van der Waals surface area contributed by atoms with E-state index in [2.05, 4.69) is 19.2 Å². The van der Waals surface area contributed by atoms with Crippen LogP contribution in [0.3, 0.4) is 0 Å². The molecule has 0 saturated carbocycles. The number of nitriles is 1. The Labute approximate surface area is 96.1 Å². The van der Waals surface area contributed by atoms with Crippen molar-refractivity contribution >= 4 is 5.91 Å². The minimum absolute atomic E-state index is 0.0785. The highest BCUT2D eigenvalue weighted by atomic mass is 16.1. The molecule has 0 unspecified atom stereocenters. The van der Waals surface area contributed by atoms with Gasteiger partial charge < -0.3 is 5.32 Å². The van der Waals surface area contributed by atoms with Crippen molar-refractivity contribution in [2.45, 2.75) is 25.7 Å². The number of hydrogen-bond acceptors (Lipinski definition) is 2. The van der Waals surface area contributed by atoms with E-state index >= 15 is 0 Å². The zero-order chi connectivity index (χ0) is 12.0. The highest BCUT2D eigenvalue weighted by Crippen LogP contribution is 2.21. The van der Waals surface area contributed by atoms with Crippen molar-refractivity contribution in [3.8, 4) is 6.07 Å². The Morgan fingerprint density at radius 1 is 1.38 bits per heavy atom. The minimum Gasteiger partial charge on any atom is -0.354 e. The van der Waals surface area contributed by atoms with Crippen LogP contribution >= 0.6 is 0 Å². The summed E-state index contributed by atoms with van der Waals surface area (Å²) < 4.78 is 0. The lowest BCUT2D eigenvalue weighted by molar-refractivity contribution is -0.120. The fraction of sp³-hybridized carbons (Fsp3) is 0.385. The first-order valence-electron chi connectivity index (χ1n) is 5.25. The standard InChI is InChI=1S/C13H16N2O/c1-13(2,10-15-12(16)8-9-14)11-6-4-3-5-7-11/h3-7H,8,10H2,1-2H3,(H,15,16). The maximum Gasteiger partial charge on any atom is 0.234 e. The van der Waals surface area contributed by atoms with Crippen LogP contribution in [0.2, 0.25) is 0 Å². The van der Waals surface area contributed by atoms with Gasteiger partial charge in [0.1, 0.15) is 6.42 Å². The molecule has 1 aromatic carbocycles. The minimum atomic E-state index is -0.216. The van der Waals surface area contributed by atoms with E-state index in [-0.39, 0.29) is 17.7 Å². The first-order chi connectivity index (χ1) is 7.56. The van der Waals surface area contributed by atoms with Gasteiger partial charge in [0.25, 0.3) is 0 Å². The van der Waals surface area contributed by atoms with Gasteiger partial charge in [-0.3, -0.25) is 4.79 Å². The van der Waals surface area contributed by atoms with E-state index in [1.165, 1.54) is 5.56 Å². The van der Waals surface area contributed by atoms with Crippen molar-refractivity contribution in [1.82, 2.24) is 5.32 Å². The van der Waals surface area contributed by atoms with E-state index in [0.29, 0.717) is 6.54 Å². The molecule has 0 aliphatic rings. The second-order valence-corrected chi connectivity index (χ2v) is 4.36. The number of hydrogen-bond donors (Lipinski definition) is 1. The lowest BCUT2D eigenvalue weighted by Gasteiger charge is -2.25. The summed E-state index contributed by atoms with van der Waals surface area (Å²) in [6, 6.07) is 11.8. The molecule has 3 nitrogen and oxygen atoms in total.